The van der Waals surface area contributed by atoms with Crippen molar-refractivity contribution in [3.8, 4) is 5.75 Å². The van der Waals surface area contributed by atoms with E-state index in [-0.39, 0.29) is 17.9 Å². The summed E-state index contributed by atoms with van der Waals surface area (Å²) in [6.45, 7) is 1.72. The molecule has 0 aliphatic rings. The number of aromatic nitrogens is 1. The molecule has 0 aliphatic carbocycles. The van der Waals surface area contributed by atoms with Crippen LogP contribution in [0.3, 0.4) is 0 Å². The summed E-state index contributed by atoms with van der Waals surface area (Å²) in [5, 5.41) is 6.51. The van der Waals surface area contributed by atoms with Crippen molar-refractivity contribution in [1.82, 2.24) is 4.98 Å². The first kappa shape index (κ1) is 17.9. The minimum absolute atomic E-state index is 0.0182. The van der Waals surface area contributed by atoms with Gasteiger partial charge in [-0.3, -0.25) is 5.43 Å². The Morgan fingerprint density at radius 3 is 2.58 bits per heavy atom. The molecule has 0 aliphatic heterocycles. The first-order chi connectivity index (χ1) is 12.5. The Morgan fingerprint density at radius 1 is 1.15 bits per heavy atom. The van der Waals surface area contributed by atoms with E-state index in [4.69, 9.17) is 4.74 Å². The van der Waals surface area contributed by atoms with Crippen LogP contribution in [0.4, 0.5) is 18.3 Å². The fraction of sp³-hybridized carbons (Fsp3) is 0.111. The Morgan fingerprint density at radius 2 is 1.92 bits per heavy atom. The molecule has 0 saturated carbocycles. The van der Waals surface area contributed by atoms with Gasteiger partial charge in [-0.15, -0.1) is 11.3 Å². The molecule has 2 aromatic carbocycles. The molecule has 3 aromatic rings. The lowest BCUT2D eigenvalue weighted by Gasteiger charge is -2.08. The summed E-state index contributed by atoms with van der Waals surface area (Å²) in [5.41, 5.74) is 4.44. The van der Waals surface area contributed by atoms with Gasteiger partial charge < -0.3 is 4.74 Å². The molecule has 0 amide bonds. The lowest BCUT2D eigenvalue weighted by atomic mass is 10.2. The Labute approximate surface area is 152 Å². The third kappa shape index (κ3) is 4.82. The Bertz CT molecular complexity index is 923. The fourth-order valence-corrected chi connectivity index (χ4v) is 2.77. The van der Waals surface area contributed by atoms with Crippen molar-refractivity contribution >= 4 is 22.7 Å². The summed E-state index contributed by atoms with van der Waals surface area (Å²) in [5.74, 6) is -2.04. The maximum Gasteiger partial charge on any atom is 0.203 e. The SMILES string of the molecule is Cc1csc(NN=Cc2ccc(OCc3cc(F)cc(F)c3)c(F)c2)n1. The van der Waals surface area contributed by atoms with Crippen molar-refractivity contribution in [3.63, 3.8) is 0 Å². The minimum atomic E-state index is -0.710. The van der Waals surface area contributed by atoms with Crippen LogP contribution in [0.25, 0.3) is 0 Å². The Hall–Kier alpha value is -2.87. The molecule has 0 fully saturated rings. The van der Waals surface area contributed by atoms with E-state index in [2.05, 4.69) is 15.5 Å². The molecule has 0 unspecified atom stereocenters. The average molecular weight is 377 g/mol. The van der Waals surface area contributed by atoms with Crippen LogP contribution in [0.15, 0.2) is 46.9 Å². The number of nitrogens with one attached hydrogen (secondary N) is 1. The number of hydrogen-bond acceptors (Lipinski definition) is 5. The lowest BCUT2D eigenvalue weighted by molar-refractivity contribution is 0.289. The maximum atomic E-state index is 14.1. The molecule has 0 radical (unpaired) electrons. The number of rotatable bonds is 6. The smallest absolute Gasteiger partial charge is 0.203 e. The highest BCUT2D eigenvalue weighted by Crippen LogP contribution is 2.20. The molecule has 0 bridgehead atoms. The average Bonchev–Trinajstić information content (AvgIpc) is 2.98. The molecule has 3 rings (SSSR count). The molecule has 4 nitrogen and oxygen atoms in total. The van der Waals surface area contributed by atoms with Crippen molar-refractivity contribution in [2.45, 2.75) is 13.5 Å². The topological polar surface area (TPSA) is 46.5 Å². The van der Waals surface area contributed by atoms with Gasteiger partial charge in [0, 0.05) is 11.4 Å². The van der Waals surface area contributed by atoms with Crippen LogP contribution >= 0.6 is 11.3 Å². The largest absolute Gasteiger partial charge is 0.486 e. The van der Waals surface area contributed by atoms with Crippen molar-refractivity contribution in [3.05, 3.63) is 76.1 Å². The van der Waals surface area contributed by atoms with Crippen molar-refractivity contribution in [1.29, 1.82) is 0 Å². The van der Waals surface area contributed by atoms with Gasteiger partial charge in [-0.25, -0.2) is 18.2 Å². The number of nitrogens with zero attached hydrogens (tertiary/aromatic N) is 2. The lowest BCUT2D eigenvalue weighted by Crippen LogP contribution is -1.99. The number of ether oxygens (including phenoxy) is 1. The summed E-state index contributed by atoms with van der Waals surface area (Å²) in [6.07, 6.45) is 1.45. The normalized spacial score (nSPS) is 11.1. The molecule has 0 spiro atoms. The first-order valence-electron chi connectivity index (χ1n) is 7.58. The van der Waals surface area contributed by atoms with E-state index in [9.17, 15) is 13.2 Å². The molecular formula is C18H14F3N3OS. The van der Waals surface area contributed by atoms with Crippen LogP contribution in [0, 0.1) is 24.4 Å². The van der Waals surface area contributed by atoms with Gasteiger partial charge in [0.2, 0.25) is 5.13 Å². The van der Waals surface area contributed by atoms with Crippen molar-refractivity contribution in [2.75, 3.05) is 5.43 Å². The number of aryl methyl sites for hydroxylation is 1. The van der Waals surface area contributed by atoms with Crippen LogP contribution in [-0.2, 0) is 6.61 Å². The van der Waals surface area contributed by atoms with E-state index in [0.717, 1.165) is 23.9 Å². The van der Waals surface area contributed by atoms with E-state index in [1.807, 2.05) is 12.3 Å². The van der Waals surface area contributed by atoms with Gasteiger partial charge in [-0.2, -0.15) is 5.10 Å². The third-order valence-electron chi connectivity index (χ3n) is 3.27. The molecule has 1 heterocycles. The molecule has 1 N–H and O–H groups in total. The standard InChI is InChI=1S/C18H14F3N3OS/c1-11-10-26-18(23-11)24-22-8-12-2-3-17(16(21)6-12)25-9-13-4-14(19)7-15(20)5-13/h2-8,10H,9H2,1H3,(H,23,24). The predicted octanol–water partition coefficient (Wildman–Crippen LogP) is 4.89. The summed E-state index contributed by atoms with van der Waals surface area (Å²) < 4.78 is 45.7. The second kappa shape index (κ2) is 8.01. The first-order valence-corrected chi connectivity index (χ1v) is 8.46. The van der Waals surface area contributed by atoms with E-state index < -0.39 is 17.5 Å². The zero-order chi connectivity index (χ0) is 18.5. The molecular weight excluding hydrogens is 363 g/mol. The van der Waals surface area contributed by atoms with E-state index in [1.54, 1.807) is 6.07 Å². The second-order valence-electron chi connectivity index (χ2n) is 5.42. The van der Waals surface area contributed by atoms with E-state index >= 15 is 0 Å². The second-order valence-corrected chi connectivity index (χ2v) is 6.28. The molecule has 1 aromatic heterocycles. The molecule has 0 atom stereocenters. The quantitative estimate of drug-likeness (QED) is 0.491. The Kier molecular flexibility index (Phi) is 5.52. The molecule has 8 heteroatoms. The van der Waals surface area contributed by atoms with Crippen molar-refractivity contribution in [2.24, 2.45) is 5.10 Å². The number of thiazole rings is 1. The number of halogens is 3. The van der Waals surface area contributed by atoms with Crippen LogP contribution in [0.5, 0.6) is 5.75 Å². The summed E-state index contributed by atoms with van der Waals surface area (Å²) in [6, 6.07) is 7.32. The van der Waals surface area contributed by atoms with Gasteiger partial charge in [-0.05, 0) is 48.4 Å². The van der Waals surface area contributed by atoms with Crippen LogP contribution in [0.1, 0.15) is 16.8 Å². The van der Waals surface area contributed by atoms with E-state index in [0.29, 0.717) is 10.7 Å². The zero-order valence-corrected chi connectivity index (χ0v) is 14.5. The highest BCUT2D eigenvalue weighted by atomic mass is 32.1. The van der Waals surface area contributed by atoms with Crippen LogP contribution in [-0.4, -0.2) is 11.2 Å². The minimum Gasteiger partial charge on any atom is -0.486 e. The van der Waals surface area contributed by atoms with Gasteiger partial charge in [0.25, 0.3) is 0 Å². The van der Waals surface area contributed by atoms with Crippen LogP contribution in [0.2, 0.25) is 0 Å². The van der Waals surface area contributed by atoms with Gasteiger partial charge in [0.15, 0.2) is 11.6 Å². The number of benzene rings is 2. The summed E-state index contributed by atoms with van der Waals surface area (Å²) in [4.78, 5) is 4.19. The van der Waals surface area contributed by atoms with Crippen LogP contribution < -0.4 is 10.2 Å². The predicted molar refractivity (Wildman–Crippen MR) is 95.2 cm³/mol. The molecule has 0 saturated heterocycles. The van der Waals surface area contributed by atoms with Gasteiger partial charge in [-0.1, -0.05) is 0 Å². The maximum absolute atomic E-state index is 14.1. The monoisotopic (exact) mass is 377 g/mol. The molecule has 134 valence electrons. The van der Waals surface area contributed by atoms with Crippen molar-refractivity contribution < 1.29 is 17.9 Å². The number of anilines is 1. The zero-order valence-electron chi connectivity index (χ0n) is 13.7. The number of hydrazone groups is 1. The summed E-state index contributed by atoms with van der Waals surface area (Å²) >= 11 is 1.41. The van der Waals surface area contributed by atoms with Gasteiger partial charge in [0.1, 0.15) is 18.2 Å². The molecule has 26 heavy (non-hydrogen) atoms. The van der Waals surface area contributed by atoms with E-state index in [1.165, 1.54) is 29.7 Å². The van der Waals surface area contributed by atoms with Gasteiger partial charge >= 0.3 is 0 Å². The highest BCUT2D eigenvalue weighted by molar-refractivity contribution is 7.13. The number of hydrogen-bond donors (Lipinski definition) is 1. The van der Waals surface area contributed by atoms with Gasteiger partial charge in [0.05, 0.1) is 11.9 Å². The fourth-order valence-electron chi connectivity index (χ4n) is 2.14. The Balaban J connectivity index is 1.61. The highest BCUT2D eigenvalue weighted by Gasteiger charge is 2.06. The summed E-state index contributed by atoms with van der Waals surface area (Å²) in [7, 11) is 0. The third-order valence-corrected chi connectivity index (χ3v) is 4.13.